The maximum Gasteiger partial charge on any atom is 0.132 e. The number of rotatable bonds is 7. The molecule has 0 bridgehead atoms. The summed E-state index contributed by atoms with van der Waals surface area (Å²) in [6.45, 7) is 5.76. The Hall–Kier alpha value is -1.98. The van der Waals surface area contributed by atoms with Gasteiger partial charge >= 0.3 is 0 Å². The van der Waals surface area contributed by atoms with E-state index in [0.29, 0.717) is 6.54 Å². The monoisotopic (exact) mass is 340 g/mol. The van der Waals surface area contributed by atoms with Crippen LogP contribution in [-0.2, 0) is 6.42 Å². The van der Waals surface area contributed by atoms with Gasteiger partial charge in [0.2, 0.25) is 0 Å². The molecular weight excluding hydrogens is 312 g/mol. The highest BCUT2D eigenvalue weighted by Gasteiger charge is 2.28. The lowest BCUT2D eigenvalue weighted by molar-refractivity contribution is 0.165. The summed E-state index contributed by atoms with van der Waals surface area (Å²) in [7, 11) is 0. The highest BCUT2D eigenvalue weighted by molar-refractivity contribution is 5.50. The van der Waals surface area contributed by atoms with Crippen molar-refractivity contribution in [3.8, 4) is 0 Å². The molecule has 0 saturated heterocycles. The van der Waals surface area contributed by atoms with Crippen molar-refractivity contribution in [1.82, 2.24) is 15.4 Å². The van der Waals surface area contributed by atoms with Crippen molar-refractivity contribution in [2.75, 3.05) is 18.0 Å². The minimum atomic E-state index is 0.279. The molecule has 1 aliphatic carbocycles. The van der Waals surface area contributed by atoms with Crippen molar-refractivity contribution in [1.29, 1.82) is 0 Å². The number of aryl methyl sites for hydroxylation is 3. The molecule has 0 aromatic carbocycles. The van der Waals surface area contributed by atoms with Gasteiger partial charge in [0.15, 0.2) is 0 Å². The summed E-state index contributed by atoms with van der Waals surface area (Å²) in [5.41, 5.74) is 7.22. The Morgan fingerprint density at radius 1 is 1.28 bits per heavy atom. The third-order valence-corrected chi connectivity index (χ3v) is 4.94. The molecule has 25 heavy (non-hydrogen) atoms. The van der Waals surface area contributed by atoms with Gasteiger partial charge in [0, 0.05) is 25.5 Å². The third-order valence-electron chi connectivity index (χ3n) is 4.94. The Bertz CT molecular complexity index is 704. The van der Waals surface area contributed by atoms with Crippen LogP contribution in [-0.4, -0.2) is 28.3 Å². The number of hydrogen-bond acceptors (Lipinski definition) is 5. The molecule has 0 amide bonds. The number of pyridine rings is 2. The lowest BCUT2D eigenvalue weighted by atomic mass is 9.90. The second-order valence-corrected chi connectivity index (χ2v) is 6.92. The SMILES string of the molecule is Cc1cnc(N(CCCCNO)C2CCCc3cccnc32)c(C)c1. The van der Waals surface area contributed by atoms with Crippen molar-refractivity contribution >= 4 is 5.82 Å². The van der Waals surface area contributed by atoms with Crippen LogP contribution >= 0.6 is 0 Å². The van der Waals surface area contributed by atoms with Gasteiger partial charge in [-0.3, -0.25) is 4.98 Å². The average molecular weight is 340 g/mol. The summed E-state index contributed by atoms with van der Waals surface area (Å²) >= 11 is 0. The molecule has 2 N–H and O–H groups in total. The van der Waals surface area contributed by atoms with E-state index < -0.39 is 0 Å². The normalized spacial score (nSPS) is 16.5. The smallest absolute Gasteiger partial charge is 0.132 e. The molecule has 1 unspecified atom stereocenters. The first kappa shape index (κ1) is 17.8. The highest BCUT2D eigenvalue weighted by Crippen LogP contribution is 2.36. The van der Waals surface area contributed by atoms with E-state index in [1.165, 1.54) is 28.8 Å². The number of fused-ring (bicyclic) bond motifs is 1. The maximum atomic E-state index is 8.82. The highest BCUT2D eigenvalue weighted by atomic mass is 16.5. The van der Waals surface area contributed by atoms with Crippen LogP contribution in [0.25, 0.3) is 0 Å². The van der Waals surface area contributed by atoms with Gasteiger partial charge in [-0.15, -0.1) is 0 Å². The Kier molecular flexibility index (Phi) is 6.00. The van der Waals surface area contributed by atoms with Crippen molar-refractivity contribution in [3.05, 3.63) is 53.0 Å². The zero-order valence-electron chi connectivity index (χ0n) is 15.2. The second-order valence-electron chi connectivity index (χ2n) is 6.92. The van der Waals surface area contributed by atoms with E-state index in [9.17, 15) is 0 Å². The lowest BCUT2D eigenvalue weighted by Crippen LogP contribution is -2.34. The molecule has 5 heteroatoms. The van der Waals surface area contributed by atoms with Crippen LogP contribution in [0.3, 0.4) is 0 Å². The van der Waals surface area contributed by atoms with Crippen LogP contribution in [0.5, 0.6) is 0 Å². The summed E-state index contributed by atoms with van der Waals surface area (Å²) in [6.07, 6.45) is 9.19. The largest absolute Gasteiger partial charge is 0.348 e. The quantitative estimate of drug-likeness (QED) is 0.594. The predicted molar refractivity (Wildman–Crippen MR) is 100.0 cm³/mol. The average Bonchev–Trinajstić information content (AvgIpc) is 2.62. The third kappa shape index (κ3) is 4.17. The molecule has 2 heterocycles. The van der Waals surface area contributed by atoms with Crippen LogP contribution < -0.4 is 10.4 Å². The zero-order valence-corrected chi connectivity index (χ0v) is 15.2. The molecule has 1 atom stereocenters. The minimum absolute atomic E-state index is 0.279. The van der Waals surface area contributed by atoms with E-state index in [0.717, 1.165) is 38.0 Å². The summed E-state index contributed by atoms with van der Waals surface area (Å²) in [4.78, 5) is 11.9. The minimum Gasteiger partial charge on any atom is -0.348 e. The van der Waals surface area contributed by atoms with Crippen LogP contribution in [0.2, 0.25) is 0 Å². The molecule has 5 nitrogen and oxygen atoms in total. The molecule has 1 aliphatic rings. The first-order valence-corrected chi connectivity index (χ1v) is 9.21. The van der Waals surface area contributed by atoms with E-state index in [1.807, 2.05) is 18.5 Å². The Balaban J connectivity index is 1.91. The van der Waals surface area contributed by atoms with Gasteiger partial charge in [0.25, 0.3) is 0 Å². The number of hydrogen-bond donors (Lipinski definition) is 2. The van der Waals surface area contributed by atoms with Gasteiger partial charge < -0.3 is 10.1 Å². The number of unbranched alkanes of at least 4 members (excludes halogenated alkanes) is 1. The fourth-order valence-electron chi connectivity index (χ4n) is 3.79. The van der Waals surface area contributed by atoms with Gasteiger partial charge in [-0.25, -0.2) is 10.5 Å². The second kappa shape index (κ2) is 8.41. The number of nitrogens with one attached hydrogen (secondary N) is 1. The molecule has 2 aromatic rings. The number of hydroxylamine groups is 1. The molecular formula is C20H28N4O. The van der Waals surface area contributed by atoms with E-state index in [2.05, 4.69) is 36.4 Å². The van der Waals surface area contributed by atoms with E-state index in [-0.39, 0.29) is 6.04 Å². The molecule has 0 spiro atoms. The Labute approximate surface area is 150 Å². The zero-order chi connectivity index (χ0) is 17.6. The number of anilines is 1. The van der Waals surface area contributed by atoms with Gasteiger partial charge in [-0.1, -0.05) is 12.1 Å². The first-order valence-electron chi connectivity index (χ1n) is 9.21. The topological polar surface area (TPSA) is 61.3 Å². The van der Waals surface area contributed by atoms with Gasteiger partial charge in [0.05, 0.1) is 11.7 Å². The fourth-order valence-corrected chi connectivity index (χ4v) is 3.79. The molecule has 134 valence electrons. The number of aromatic nitrogens is 2. The lowest BCUT2D eigenvalue weighted by Gasteiger charge is -2.36. The van der Waals surface area contributed by atoms with Gasteiger partial charge in [-0.2, -0.15) is 0 Å². The van der Waals surface area contributed by atoms with Crippen molar-refractivity contribution in [2.24, 2.45) is 0 Å². The number of nitrogens with zero attached hydrogens (tertiary/aromatic N) is 3. The maximum absolute atomic E-state index is 8.82. The fraction of sp³-hybridized carbons (Fsp3) is 0.500. The van der Waals surface area contributed by atoms with Crippen molar-refractivity contribution in [3.63, 3.8) is 0 Å². The summed E-state index contributed by atoms with van der Waals surface area (Å²) in [6, 6.07) is 6.72. The van der Waals surface area contributed by atoms with Gasteiger partial charge in [0.1, 0.15) is 5.82 Å². The Morgan fingerprint density at radius 2 is 2.16 bits per heavy atom. The van der Waals surface area contributed by atoms with Crippen molar-refractivity contribution < 1.29 is 5.21 Å². The molecule has 2 aromatic heterocycles. The standard InChI is InChI=1S/C20H28N4O/c1-15-13-16(2)20(22-14-15)24(12-4-3-11-23-25)18-9-5-7-17-8-6-10-21-19(17)18/h6,8,10,13-14,18,23,25H,3-5,7,9,11-12H2,1-2H3. The van der Waals surface area contributed by atoms with Crippen LogP contribution in [0.1, 0.15) is 54.1 Å². The summed E-state index contributed by atoms with van der Waals surface area (Å²) in [5, 5.41) is 8.82. The van der Waals surface area contributed by atoms with E-state index >= 15 is 0 Å². The van der Waals surface area contributed by atoms with Gasteiger partial charge in [-0.05, 0) is 68.7 Å². The molecule has 0 saturated carbocycles. The van der Waals surface area contributed by atoms with E-state index in [1.54, 1.807) is 0 Å². The molecule has 0 radical (unpaired) electrons. The molecule has 3 rings (SSSR count). The predicted octanol–water partition coefficient (Wildman–Crippen LogP) is 3.74. The molecule has 0 fully saturated rings. The Morgan fingerprint density at radius 3 is 2.96 bits per heavy atom. The summed E-state index contributed by atoms with van der Waals surface area (Å²) in [5.74, 6) is 1.06. The van der Waals surface area contributed by atoms with Crippen LogP contribution in [0.4, 0.5) is 5.82 Å². The van der Waals surface area contributed by atoms with Crippen LogP contribution in [0.15, 0.2) is 30.6 Å². The van der Waals surface area contributed by atoms with Crippen LogP contribution in [0, 0.1) is 13.8 Å². The van der Waals surface area contributed by atoms with E-state index in [4.69, 9.17) is 15.2 Å². The van der Waals surface area contributed by atoms with Crippen molar-refractivity contribution in [2.45, 2.75) is 52.0 Å². The molecule has 0 aliphatic heterocycles. The summed E-state index contributed by atoms with van der Waals surface area (Å²) < 4.78 is 0. The first-order chi connectivity index (χ1) is 12.2.